The molecule has 1 saturated carbocycles. The first kappa shape index (κ1) is 13.5. The van der Waals surface area contributed by atoms with Gasteiger partial charge in [-0.15, -0.1) is 0 Å². The van der Waals surface area contributed by atoms with E-state index in [-0.39, 0.29) is 17.8 Å². The average Bonchev–Trinajstić information content (AvgIpc) is 3.24. The predicted octanol–water partition coefficient (Wildman–Crippen LogP) is 2.17. The van der Waals surface area contributed by atoms with Crippen LogP contribution in [0.4, 0.5) is 0 Å². The lowest BCUT2D eigenvalue weighted by Crippen LogP contribution is -2.35. The van der Waals surface area contributed by atoms with Crippen molar-refractivity contribution in [1.82, 2.24) is 4.90 Å². The summed E-state index contributed by atoms with van der Waals surface area (Å²) in [6.45, 7) is 0.427. The number of carbonyl (C=O) groups is 1. The van der Waals surface area contributed by atoms with Gasteiger partial charge in [0.2, 0.25) is 0 Å². The van der Waals surface area contributed by atoms with E-state index in [0.717, 1.165) is 18.2 Å². The normalized spacial score (nSPS) is 15.3. The molecule has 6 nitrogen and oxygen atoms in total. The standard InChI is InChI=1S/C15H17N3O3/c16-14(17-20)7-8-18(11-5-6-11)15(19)13-9-10-3-1-2-4-12(10)21-13/h1-4,9,11,20H,5-8H2,(H2,16,17). The molecule has 0 saturated heterocycles. The van der Waals surface area contributed by atoms with E-state index in [1.807, 2.05) is 24.3 Å². The summed E-state index contributed by atoms with van der Waals surface area (Å²) in [6, 6.07) is 9.52. The zero-order valence-corrected chi connectivity index (χ0v) is 11.5. The fourth-order valence-corrected chi connectivity index (χ4v) is 2.35. The van der Waals surface area contributed by atoms with Gasteiger partial charge in [0.05, 0.1) is 0 Å². The zero-order valence-electron chi connectivity index (χ0n) is 11.5. The van der Waals surface area contributed by atoms with Gasteiger partial charge in [0.1, 0.15) is 11.4 Å². The van der Waals surface area contributed by atoms with Crippen LogP contribution in [0.15, 0.2) is 39.9 Å². The average molecular weight is 287 g/mol. The number of nitrogens with two attached hydrogens (primary N) is 1. The molecule has 1 aliphatic rings. The van der Waals surface area contributed by atoms with Crippen molar-refractivity contribution in [2.75, 3.05) is 6.54 Å². The molecule has 0 unspecified atom stereocenters. The van der Waals surface area contributed by atoms with Gasteiger partial charge in [0, 0.05) is 24.4 Å². The van der Waals surface area contributed by atoms with Crippen LogP contribution in [0.5, 0.6) is 0 Å². The van der Waals surface area contributed by atoms with Crippen molar-refractivity contribution < 1.29 is 14.4 Å². The summed E-state index contributed by atoms with van der Waals surface area (Å²) >= 11 is 0. The van der Waals surface area contributed by atoms with Crippen LogP contribution in [0.25, 0.3) is 11.0 Å². The molecule has 0 radical (unpaired) electrons. The van der Waals surface area contributed by atoms with Crippen LogP contribution < -0.4 is 5.73 Å². The quantitative estimate of drug-likeness (QED) is 0.381. The number of rotatable bonds is 5. The van der Waals surface area contributed by atoms with Crippen LogP contribution in [0, 0.1) is 0 Å². The summed E-state index contributed by atoms with van der Waals surface area (Å²) in [6.07, 6.45) is 2.32. The Morgan fingerprint density at radius 3 is 2.86 bits per heavy atom. The van der Waals surface area contributed by atoms with Crippen LogP contribution in [0.2, 0.25) is 0 Å². The summed E-state index contributed by atoms with van der Waals surface area (Å²) in [5.41, 5.74) is 6.18. The number of carbonyl (C=O) groups excluding carboxylic acids is 1. The first-order valence-corrected chi connectivity index (χ1v) is 6.95. The van der Waals surface area contributed by atoms with E-state index in [4.69, 9.17) is 15.4 Å². The van der Waals surface area contributed by atoms with Gasteiger partial charge in [-0.05, 0) is 25.0 Å². The van der Waals surface area contributed by atoms with E-state index in [9.17, 15) is 4.79 Å². The van der Waals surface area contributed by atoms with Gasteiger partial charge >= 0.3 is 0 Å². The molecule has 0 spiro atoms. The molecule has 0 atom stereocenters. The Morgan fingerprint density at radius 2 is 2.19 bits per heavy atom. The first-order valence-electron chi connectivity index (χ1n) is 6.95. The second-order valence-corrected chi connectivity index (χ2v) is 5.22. The number of benzene rings is 1. The Morgan fingerprint density at radius 1 is 1.43 bits per heavy atom. The topological polar surface area (TPSA) is 92.1 Å². The highest BCUT2D eigenvalue weighted by molar-refractivity contribution is 5.96. The van der Waals surface area contributed by atoms with E-state index in [2.05, 4.69) is 5.16 Å². The second-order valence-electron chi connectivity index (χ2n) is 5.22. The Bertz CT molecular complexity index is 655. The van der Waals surface area contributed by atoms with E-state index < -0.39 is 0 Å². The summed E-state index contributed by atoms with van der Waals surface area (Å²) in [5, 5.41) is 12.4. The molecular formula is C15H17N3O3. The molecule has 0 aliphatic heterocycles. The summed E-state index contributed by atoms with van der Waals surface area (Å²) in [5.74, 6) is 0.320. The Labute approximate surface area is 121 Å². The second kappa shape index (κ2) is 5.47. The highest BCUT2D eigenvalue weighted by atomic mass is 16.4. The largest absolute Gasteiger partial charge is 0.451 e. The highest BCUT2D eigenvalue weighted by Gasteiger charge is 2.34. The minimum absolute atomic E-state index is 0.123. The van der Waals surface area contributed by atoms with Crippen molar-refractivity contribution in [3.63, 3.8) is 0 Å². The molecule has 3 rings (SSSR count). The fraction of sp³-hybridized carbons (Fsp3) is 0.333. The Balaban J connectivity index is 1.80. The summed E-state index contributed by atoms with van der Waals surface area (Å²) < 4.78 is 5.62. The number of hydrogen-bond acceptors (Lipinski definition) is 4. The summed E-state index contributed by atoms with van der Waals surface area (Å²) in [7, 11) is 0. The number of furan rings is 1. The lowest BCUT2D eigenvalue weighted by Gasteiger charge is -2.20. The molecule has 110 valence electrons. The molecule has 2 aromatic rings. The maximum absolute atomic E-state index is 12.6. The number of nitrogens with zero attached hydrogens (tertiary/aromatic N) is 2. The smallest absolute Gasteiger partial charge is 0.289 e. The van der Waals surface area contributed by atoms with Gasteiger partial charge in [0.25, 0.3) is 5.91 Å². The fourth-order valence-electron chi connectivity index (χ4n) is 2.35. The Kier molecular flexibility index (Phi) is 3.51. The van der Waals surface area contributed by atoms with Crippen molar-refractivity contribution in [2.45, 2.75) is 25.3 Å². The molecule has 3 N–H and O–H groups in total. The van der Waals surface area contributed by atoms with Gasteiger partial charge < -0.3 is 20.3 Å². The molecule has 0 bridgehead atoms. The van der Waals surface area contributed by atoms with Gasteiger partial charge in [-0.25, -0.2) is 0 Å². The van der Waals surface area contributed by atoms with E-state index >= 15 is 0 Å². The van der Waals surface area contributed by atoms with Gasteiger partial charge in [-0.2, -0.15) is 0 Å². The third-order valence-corrected chi connectivity index (χ3v) is 3.62. The van der Waals surface area contributed by atoms with Crippen LogP contribution in [0.1, 0.15) is 29.8 Å². The van der Waals surface area contributed by atoms with Crippen molar-refractivity contribution in [1.29, 1.82) is 0 Å². The van der Waals surface area contributed by atoms with Crippen LogP contribution in [-0.2, 0) is 0 Å². The molecule has 1 fully saturated rings. The van der Waals surface area contributed by atoms with Gasteiger partial charge in [0.15, 0.2) is 5.76 Å². The number of para-hydroxylation sites is 1. The highest BCUT2D eigenvalue weighted by Crippen LogP contribution is 2.29. The molecule has 1 amide bonds. The Hall–Kier alpha value is -2.50. The number of fused-ring (bicyclic) bond motifs is 1. The number of oxime groups is 1. The van der Waals surface area contributed by atoms with E-state index in [0.29, 0.717) is 24.3 Å². The molecule has 1 aliphatic carbocycles. The van der Waals surface area contributed by atoms with Crippen LogP contribution in [-0.4, -0.2) is 34.4 Å². The van der Waals surface area contributed by atoms with Crippen molar-refractivity contribution in [3.05, 3.63) is 36.1 Å². The third kappa shape index (κ3) is 2.84. The monoisotopic (exact) mass is 287 g/mol. The maximum Gasteiger partial charge on any atom is 0.289 e. The maximum atomic E-state index is 12.6. The molecule has 1 aromatic carbocycles. The molecule has 1 heterocycles. The van der Waals surface area contributed by atoms with Gasteiger partial charge in [-0.1, -0.05) is 23.4 Å². The molecule has 1 aromatic heterocycles. The van der Waals surface area contributed by atoms with Crippen molar-refractivity contribution >= 4 is 22.7 Å². The third-order valence-electron chi connectivity index (χ3n) is 3.62. The molecular weight excluding hydrogens is 270 g/mol. The van der Waals surface area contributed by atoms with Crippen LogP contribution in [0.3, 0.4) is 0 Å². The minimum Gasteiger partial charge on any atom is -0.451 e. The van der Waals surface area contributed by atoms with E-state index in [1.165, 1.54) is 0 Å². The van der Waals surface area contributed by atoms with Crippen LogP contribution >= 0.6 is 0 Å². The number of amidine groups is 1. The number of amides is 1. The molecule has 6 heteroatoms. The number of hydrogen-bond donors (Lipinski definition) is 2. The van der Waals surface area contributed by atoms with Crippen molar-refractivity contribution in [2.24, 2.45) is 10.9 Å². The SMILES string of the molecule is NC(CCN(C(=O)c1cc2ccccc2o1)C1CC1)=NO. The summed E-state index contributed by atoms with van der Waals surface area (Å²) in [4.78, 5) is 14.3. The first-order chi connectivity index (χ1) is 10.2. The molecule has 21 heavy (non-hydrogen) atoms. The van der Waals surface area contributed by atoms with E-state index in [1.54, 1.807) is 11.0 Å². The minimum atomic E-state index is -0.139. The zero-order chi connectivity index (χ0) is 14.8. The van der Waals surface area contributed by atoms with Gasteiger partial charge in [-0.3, -0.25) is 4.79 Å². The van der Waals surface area contributed by atoms with Crippen molar-refractivity contribution in [3.8, 4) is 0 Å². The predicted molar refractivity (Wildman–Crippen MR) is 78.3 cm³/mol. The lowest BCUT2D eigenvalue weighted by atomic mass is 10.2. The lowest BCUT2D eigenvalue weighted by molar-refractivity contribution is 0.0717.